The zero-order valence-corrected chi connectivity index (χ0v) is 11.0. The van der Waals surface area contributed by atoms with Crippen molar-refractivity contribution in [2.24, 2.45) is 0 Å². The van der Waals surface area contributed by atoms with Crippen LogP contribution in [0, 0.1) is 11.6 Å². The molecule has 2 rings (SSSR count). The minimum atomic E-state index is -1.01. The molecule has 0 unspecified atom stereocenters. The summed E-state index contributed by atoms with van der Waals surface area (Å²) in [6.07, 6.45) is 3.40. The molecule has 0 radical (unpaired) electrons. The summed E-state index contributed by atoms with van der Waals surface area (Å²) in [6.45, 7) is 0.684. The van der Waals surface area contributed by atoms with Gasteiger partial charge in [0.05, 0.1) is 6.54 Å². The summed E-state index contributed by atoms with van der Waals surface area (Å²) >= 11 is 0. The van der Waals surface area contributed by atoms with E-state index in [0.717, 1.165) is 17.7 Å². The number of ketones is 1. The Balaban J connectivity index is 1.98. The Labute approximate surface area is 115 Å². The Morgan fingerprint density at radius 3 is 2.70 bits per heavy atom. The van der Waals surface area contributed by atoms with Crippen LogP contribution >= 0.6 is 0 Å². The molecule has 0 saturated carbocycles. The van der Waals surface area contributed by atoms with Crippen LogP contribution in [-0.4, -0.2) is 29.3 Å². The molecular weight excluding hydrogens is 262 g/mol. The summed E-state index contributed by atoms with van der Waals surface area (Å²) in [5.74, 6) is -2.22. The minimum Gasteiger partial charge on any atom is -0.295 e. The lowest BCUT2D eigenvalue weighted by Crippen LogP contribution is -2.25. The first kappa shape index (κ1) is 14.3. The molecule has 2 aromatic rings. The highest BCUT2D eigenvalue weighted by Crippen LogP contribution is 2.10. The second kappa shape index (κ2) is 6.34. The fourth-order valence-corrected chi connectivity index (χ4v) is 1.87. The van der Waals surface area contributed by atoms with Crippen LogP contribution in [-0.2, 0) is 6.54 Å². The molecule has 0 bridgehead atoms. The number of carbonyl (C=O) groups excluding carboxylic acids is 1. The lowest BCUT2D eigenvalue weighted by Gasteiger charge is -2.15. The standard InChI is InChI=1S/C15H14F2N2O/c1-19(9-11-3-2-6-18-8-11)10-15(20)12-4-5-13(16)14(17)7-12/h2-8H,9-10H2,1H3. The normalized spacial score (nSPS) is 10.8. The molecule has 1 aromatic carbocycles. The molecule has 104 valence electrons. The van der Waals surface area contributed by atoms with Crippen LogP contribution in [0.5, 0.6) is 0 Å². The molecule has 0 aliphatic carbocycles. The Morgan fingerprint density at radius 1 is 1.25 bits per heavy atom. The topological polar surface area (TPSA) is 33.2 Å². The highest BCUT2D eigenvalue weighted by atomic mass is 19.2. The second-order valence-corrected chi connectivity index (χ2v) is 4.59. The van der Waals surface area contributed by atoms with Crippen molar-refractivity contribution in [3.8, 4) is 0 Å². The maximum Gasteiger partial charge on any atom is 0.176 e. The summed E-state index contributed by atoms with van der Waals surface area (Å²) in [4.78, 5) is 17.7. The quantitative estimate of drug-likeness (QED) is 0.787. The number of hydrogen-bond donors (Lipinski definition) is 0. The van der Waals surface area contributed by atoms with Gasteiger partial charge in [-0.1, -0.05) is 6.07 Å². The monoisotopic (exact) mass is 276 g/mol. The number of halogens is 2. The molecule has 0 aliphatic rings. The SMILES string of the molecule is CN(CC(=O)c1ccc(F)c(F)c1)Cc1cccnc1. The largest absolute Gasteiger partial charge is 0.295 e. The molecule has 0 fully saturated rings. The van der Waals surface area contributed by atoms with Gasteiger partial charge in [-0.3, -0.25) is 14.7 Å². The van der Waals surface area contributed by atoms with E-state index in [1.165, 1.54) is 6.07 Å². The van der Waals surface area contributed by atoms with Gasteiger partial charge in [-0.15, -0.1) is 0 Å². The van der Waals surface area contributed by atoms with Gasteiger partial charge in [0.25, 0.3) is 0 Å². The fourth-order valence-electron chi connectivity index (χ4n) is 1.87. The fraction of sp³-hybridized carbons (Fsp3) is 0.200. The minimum absolute atomic E-state index is 0.125. The second-order valence-electron chi connectivity index (χ2n) is 4.59. The number of rotatable bonds is 5. The molecule has 0 N–H and O–H groups in total. The highest BCUT2D eigenvalue weighted by molar-refractivity contribution is 5.97. The zero-order chi connectivity index (χ0) is 14.5. The number of Topliss-reactive ketones (excluding diaryl/α,β-unsaturated/α-hetero) is 1. The van der Waals surface area contributed by atoms with E-state index < -0.39 is 11.6 Å². The predicted molar refractivity (Wildman–Crippen MR) is 71.3 cm³/mol. The number of hydrogen-bond acceptors (Lipinski definition) is 3. The van der Waals surface area contributed by atoms with E-state index in [1.807, 2.05) is 12.1 Å². The van der Waals surface area contributed by atoms with Crippen molar-refractivity contribution in [3.05, 3.63) is 65.5 Å². The predicted octanol–water partition coefficient (Wildman–Crippen LogP) is 2.67. The van der Waals surface area contributed by atoms with Crippen molar-refractivity contribution < 1.29 is 13.6 Å². The maximum absolute atomic E-state index is 13.1. The van der Waals surface area contributed by atoms with Crippen molar-refractivity contribution in [1.29, 1.82) is 0 Å². The smallest absolute Gasteiger partial charge is 0.176 e. The summed E-state index contributed by atoms with van der Waals surface area (Å²) in [7, 11) is 1.78. The first-order chi connectivity index (χ1) is 9.56. The van der Waals surface area contributed by atoms with Gasteiger partial charge in [-0.25, -0.2) is 8.78 Å². The van der Waals surface area contributed by atoms with Crippen LogP contribution in [0.4, 0.5) is 8.78 Å². The van der Waals surface area contributed by atoms with Gasteiger partial charge in [0.2, 0.25) is 0 Å². The molecule has 1 heterocycles. The number of likely N-dealkylation sites (N-methyl/N-ethyl adjacent to an activating group) is 1. The molecule has 0 aliphatic heterocycles. The van der Waals surface area contributed by atoms with E-state index in [9.17, 15) is 13.6 Å². The van der Waals surface area contributed by atoms with Crippen molar-refractivity contribution in [2.75, 3.05) is 13.6 Å². The molecular formula is C15H14F2N2O. The molecule has 0 saturated heterocycles. The van der Waals surface area contributed by atoms with E-state index in [4.69, 9.17) is 0 Å². The third-order valence-electron chi connectivity index (χ3n) is 2.83. The van der Waals surface area contributed by atoms with Crippen LogP contribution in [0.2, 0.25) is 0 Å². The average molecular weight is 276 g/mol. The van der Waals surface area contributed by atoms with Crippen LogP contribution in [0.1, 0.15) is 15.9 Å². The zero-order valence-electron chi connectivity index (χ0n) is 11.0. The molecule has 1 aromatic heterocycles. The third kappa shape index (κ3) is 3.68. The number of nitrogens with zero attached hydrogens (tertiary/aromatic N) is 2. The number of benzene rings is 1. The Kier molecular flexibility index (Phi) is 4.53. The van der Waals surface area contributed by atoms with Crippen LogP contribution < -0.4 is 0 Å². The lowest BCUT2D eigenvalue weighted by atomic mass is 10.1. The van der Waals surface area contributed by atoms with Gasteiger partial charge in [0, 0.05) is 24.5 Å². The van der Waals surface area contributed by atoms with E-state index in [-0.39, 0.29) is 17.9 Å². The van der Waals surface area contributed by atoms with Gasteiger partial charge < -0.3 is 0 Å². The molecule has 0 amide bonds. The number of aromatic nitrogens is 1. The summed E-state index contributed by atoms with van der Waals surface area (Å²) in [5.41, 5.74) is 1.15. The van der Waals surface area contributed by atoms with Gasteiger partial charge in [-0.2, -0.15) is 0 Å². The number of carbonyl (C=O) groups is 1. The summed E-state index contributed by atoms with van der Waals surface area (Å²) in [5, 5.41) is 0. The average Bonchev–Trinajstić information content (AvgIpc) is 2.42. The number of pyridine rings is 1. The Hall–Kier alpha value is -2.14. The highest BCUT2D eigenvalue weighted by Gasteiger charge is 2.12. The first-order valence-electron chi connectivity index (χ1n) is 6.12. The molecule has 3 nitrogen and oxygen atoms in total. The molecule has 0 spiro atoms. The molecule has 0 atom stereocenters. The van der Waals surface area contributed by atoms with Gasteiger partial charge >= 0.3 is 0 Å². The van der Waals surface area contributed by atoms with E-state index in [2.05, 4.69) is 4.98 Å². The van der Waals surface area contributed by atoms with E-state index in [1.54, 1.807) is 24.3 Å². The van der Waals surface area contributed by atoms with E-state index in [0.29, 0.717) is 6.54 Å². The van der Waals surface area contributed by atoms with Crippen LogP contribution in [0.3, 0.4) is 0 Å². The van der Waals surface area contributed by atoms with Crippen molar-refractivity contribution in [3.63, 3.8) is 0 Å². The summed E-state index contributed by atoms with van der Waals surface area (Å²) in [6, 6.07) is 6.91. The van der Waals surface area contributed by atoms with Crippen molar-refractivity contribution in [1.82, 2.24) is 9.88 Å². The van der Waals surface area contributed by atoms with Gasteiger partial charge in [-0.05, 0) is 36.9 Å². The van der Waals surface area contributed by atoms with Gasteiger partial charge in [0.15, 0.2) is 17.4 Å². The van der Waals surface area contributed by atoms with Crippen molar-refractivity contribution >= 4 is 5.78 Å². The maximum atomic E-state index is 13.1. The third-order valence-corrected chi connectivity index (χ3v) is 2.83. The Bertz CT molecular complexity index is 602. The van der Waals surface area contributed by atoms with Crippen LogP contribution in [0.15, 0.2) is 42.7 Å². The van der Waals surface area contributed by atoms with Crippen molar-refractivity contribution in [2.45, 2.75) is 6.54 Å². The van der Waals surface area contributed by atoms with E-state index >= 15 is 0 Å². The van der Waals surface area contributed by atoms with Gasteiger partial charge in [0.1, 0.15) is 0 Å². The molecule has 20 heavy (non-hydrogen) atoms. The first-order valence-corrected chi connectivity index (χ1v) is 6.12. The van der Waals surface area contributed by atoms with Crippen LogP contribution in [0.25, 0.3) is 0 Å². The summed E-state index contributed by atoms with van der Waals surface area (Å²) < 4.78 is 25.9. The lowest BCUT2D eigenvalue weighted by molar-refractivity contribution is 0.0942. The Morgan fingerprint density at radius 2 is 2.05 bits per heavy atom. The molecule has 5 heteroatoms.